The molecular weight excluding hydrogens is 174 g/mol. The molecule has 78 valence electrons. The first-order valence-corrected chi connectivity index (χ1v) is 5.05. The smallest absolute Gasteiger partial charge is 0.0877 e. The first-order chi connectivity index (χ1) is 6.63. The second-order valence-electron chi connectivity index (χ2n) is 3.96. The number of hydrogen-bond donors (Lipinski definition) is 1. The number of nitrogens with two attached hydrogens (primary N) is 1. The van der Waals surface area contributed by atoms with Gasteiger partial charge in [-0.1, -0.05) is 20.4 Å². The summed E-state index contributed by atoms with van der Waals surface area (Å²) < 4.78 is 1.96. The van der Waals surface area contributed by atoms with Crippen molar-refractivity contribution in [2.24, 2.45) is 11.7 Å². The van der Waals surface area contributed by atoms with E-state index in [2.05, 4.69) is 25.5 Å². The lowest BCUT2D eigenvalue weighted by atomic mass is 10.1. The molecule has 0 spiro atoms. The Hall–Kier alpha value is -1.09. The van der Waals surface area contributed by atoms with Gasteiger partial charge in [0.25, 0.3) is 0 Å². The topological polar surface area (TPSA) is 43.8 Å². The molecule has 1 heterocycles. The number of hydrogen-bond acceptors (Lipinski definition) is 2. The van der Waals surface area contributed by atoms with Crippen molar-refractivity contribution in [3.8, 4) is 0 Å². The van der Waals surface area contributed by atoms with Gasteiger partial charge in [0.05, 0.1) is 5.69 Å². The molecule has 0 saturated heterocycles. The third-order valence-corrected chi connectivity index (χ3v) is 2.00. The zero-order chi connectivity index (χ0) is 10.6. The minimum atomic E-state index is 0.616. The lowest BCUT2D eigenvalue weighted by Gasteiger charge is -2.04. The minimum absolute atomic E-state index is 0.616. The Balaban J connectivity index is 2.63. The van der Waals surface area contributed by atoms with E-state index >= 15 is 0 Å². The first kappa shape index (κ1) is 11.0. The molecule has 0 bridgehead atoms. The van der Waals surface area contributed by atoms with Crippen molar-refractivity contribution < 1.29 is 0 Å². The normalized spacial score (nSPS) is 10.9. The third kappa shape index (κ3) is 3.00. The highest BCUT2D eigenvalue weighted by atomic mass is 15.3. The highest BCUT2D eigenvalue weighted by Crippen LogP contribution is 2.12. The summed E-state index contributed by atoms with van der Waals surface area (Å²) in [5, 5.41) is 4.43. The van der Waals surface area contributed by atoms with Gasteiger partial charge in [-0.05, 0) is 30.5 Å². The molecule has 1 rings (SSSR count). The lowest BCUT2D eigenvalue weighted by molar-refractivity contribution is 0.482. The Labute approximate surface area is 85.6 Å². The van der Waals surface area contributed by atoms with Gasteiger partial charge in [0.2, 0.25) is 0 Å². The third-order valence-electron chi connectivity index (χ3n) is 2.00. The molecule has 1 aromatic rings. The van der Waals surface area contributed by atoms with Gasteiger partial charge in [0.1, 0.15) is 0 Å². The maximum atomic E-state index is 5.46. The van der Waals surface area contributed by atoms with E-state index in [-0.39, 0.29) is 0 Å². The van der Waals surface area contributed by atoms with E-state index in [9.17, 15) is 0 Å². The predicted molar refractivity (Wildman–Crippen MR) is 59.8 cm³/mol. The molecule has 0 amide bonds. The van der Waals surface area contributed by atoms with E-state index in [1.165, 1.54) is 0 Å². The van der Waals surface area contributed by atoms with E-state index in [1.807, 2.05) is 16.9 Å². The van der Waals surface area contributed by atoms with Crippen LogP contribution in [0.2, 0.25) is 0 Å². The molecule has 3 nitrogen and oxygen atoms in total. The molecule has 0 saturated carbocycles. The summed E-state index contributed by atoms with van der Waals surface area (Å²) in [5.41, 5.74) is 7.45. The van der Waals surface area contributed by atoms with E-state index in [0.29, 0.717) is 12.5 Å². The van der Waals surface area contributed by atoms with Crippen LogP contribution < -0.4 is 5.73 Å². The lowest BCUT2D eigenvalue weighted by Crippen LogP contribution is -2.05. The standard InChI is InChI=1S/C11H19N3/c1-9(2)8-14-7-5-11(13-14)10(3)4-6-12/h5,7,9H,3-4,6,8,12H2,1-2H3. The van der Waals surface area contributed by atoms with Crippen LogP contribution in [0.25, 0.3) is 5.57 Å². The van der Waals surface area contributed by atoms with Crippen LogP contribution in [0.4, 0.5) is 0 Å². The van der Waals surface area contributed by atoms with Gasteiger partial charge in [-0.15, -0.1) is 0 Å². The second-order valence-corrected chi connectivity index (χ2v) is 3.96. The van der Waals surface area contributed by atoms with Crippen LogP contribution in [0.5, 0.6) is 0 Å². The van der Waals surface area contributed by atoms with Crippen molar-refractivity contribution in [3.63, 3.8) is 0 Å². The number of aromatic nitrogens is 2. The first-order valence-electron chi connectivity index (χ1n) is 5.05. The molecule has 14 heavy (non-hydrogen) atoms. The zero-order valence-corrected chi connectivity index (χ0v) is 9.03. The Kier molecular flexibility index (Phi) is 3.89. The summed E-state index contributed by atoms with van der Waals surface area (Å²) in [4.78, 5) is 0. The molecule has 0 atom stereocenters. The molecule has 0 radical (unpaired) electrons. The van der Waals surface area contributed by atoms with E-state index in [4.69, 9.17) is 5.73 Å². The molecule has 0 aromatic carbocycles. The molecule has 1 aromatic heterocycles. The summed E-state index contributed by atoms with van der Waals surface area (Å²) in [5.74, 6) is 0.616. The van der Waals surface area contributed by atoms with E-state index < -0.39 is 0 Å². The molecule has 0 aliphatic rings. The molecule has 0 aliphatic carbocycles. The fourth-order valence-corrected chi connectivity index (χ4v) is 1.33. The molecule has 0 fully saturated rings. The van der Waals surface area contributed by atoms with Gasteiger partial charge in [0, 0.05) is 12.7 Å². The van der Waals surface area contributed by atoms with Gasteiger partial charge in [0.15, 0.2) is 0 Å². The largest absolute Gasteiger partial charge is 0.330 e. The van der Waals surface area contributed by atoms with Gasteiger partial charge in [-0.3, -0.25) is 4.68 Å². The monoisotopic (exact) mass is 193 g/mol. The van der Waals surface area contributed by atoms with Crippen LogP contribution in [-0.4, -0.2) is 16.3 Å². The van der Waals surface area contributed by atoms with Crippen LogP contribution in [0.15, 0.2) is 18.8 Å². The van der Waals surface area contributed by atoms with Crippen molar-refractivity contribution in [1.29, 1.82) is 0 Å². The van der Waals surface area contributed by atoms with Gasteiger partial charge in [-0.25, -0.2) is 0 Å². The summed E-state index contributed by atoms with van der Waals surface area (Å²) in [6, 6.07) is 2.00. The summed E-state index contributed by atoms with van der Waals surface area (Å²) in [7, 11) is 0. The molecule has 0 unspecified atom stereocenters. The molecule has 0 aliphatic heterocycles. The maximum absolute atomic E-state index is 5.46. The maximum Gasteiger partial charge on any atom is 0.0877 e. The predicted octanol–water partition coefficient (Wildman–Crippen LogP) is 1.90. The van der Waals surface area contributed by atoms with E-state index in [1.54, 1.807) is 0 Å². The van der Waals surface area contributed by atoms with Crippen LogP contribution in [-0.2, 0) is 6.54 Å². The Bertz CT molecular complexity index is 299. The van der Waals surface area contributed by atoms with Crippen molar-refractivity contribution in [3.05, 3.63) is 24.5 Å². The summed E-state index contributed by atoms with van der Waals surface area (Å²) >= 11 is 0. The van der Waals surface area contributed by atoms with E-state index in [0.717, 1.165) is 24.2 Å². The number of nitrogens with zero attached hydrogens (tertiary/aromatic N) is 2. The molecular formula is C11H19N3. The Morgan fingerprint density at radius 2 is 2.36 bits per heavy atom. The highest BCUT2D eigenvalue weighted by molar-refractivity contribution is 5.59. The Morgan fingerprint density at radius 3 is 2.93 bits per heavy atom. The van der Waals surface area contributed by atoms with Crippen molar-refractivity contribution in [1.82, 2.24) is 9.78 Å². The van der Waals surface area contributed by atoms with Crippen LogP contribution in [0.3, 0.4) is 0 Å². The van der Waals surface area contributed by atoms with Gasteiger partial charge >= 0.3 is 0 Å². The van der Waals surface area contributed by atoms with Crippen molar-refractivity contribution in [2.75, 3.05) is 6.54 Å². The van der Waals surface area contributed by atoms with Gasteiger partial charge < -0.3 is 5.73 Å². The van der Waals surface area contributed by atoms with Crippen LogP contribution in [0, 0.1) is 5.92 Å². The number of rotatable bonds is 5. The fraction of sp³-hybridized carbons (Fsp3) is 0.545. The van der Waals surface area contributed by atoms with Gasteiger partial charge in [-0.2, -0.15) is 5.10 Å². The van der Waals surface area contributed by atoms with Crippen molar-refractivity contribution >= 4 is 5.57 Å². The highest BCUT2D eigenvalue weighted by Gasteiger charge is 2.03. The Morgan fingerprint density at radius 1 is 1.64 bits per heavy atom. The van der Waals surface area contributed by atoms with Crippen LogP contribution >= 0.6 is 0 Å². The van der Waals surface area contributed by atoms with Crippen LogP contribution in [0.1, 0.15) is 26.0 Å². The summed E-state index contributed by atoms with van der Waals surface area (Å²) in [6.07, 6.45) is 2.82. The fourth-order valence-electron chi connectivity index (χ4n) is 1.33. The SMILES string of the molecule is C=C(CCN)c1ccn(CC(C)C)n1. The quantitative estimate of drug-likeness (QED) is 0.776. The molecule has 3 heteroatoms. The molecule has 2 N–H and O–H groups in total. The van der Waals surface area contributed by atoms with Crippen molar-refractivity contribution in [2.45, 2.75) is 26.8 Å². The minimum Gasteiger partial charge on any atom is -0.330 e. The average Bonchev–Trinajstić information content (AvgIpc) is 2.52. The zero-order valence-electron chi connectivity index (χ0n) is 9.03. The average molecular weight is 193 g/mol. The second kappa shape index (κ2) is 4.96. The summed E-state index contributed by atoms with van der Waals surface area (Å²) in [6.45, 7) is 9.89.